The van der Waals surface area contributed by atoms with Crippen LogP contribution in [0.3, 0.4) is 0 Å². The Morgan fingerprint density at radius 1 is 1.24 bits per heavy atom. The lowest BCUT2D eigenvalue weighted by Crippen LogP contribution is -2.59. The van der Waals surface area contributed by atoms with Crippen LogP contribution < -0.4 is 0 Å². The maximum atomic E-state index is 13.4. The predicted molar refractivity (Wildman–Crippen MR) is 105 cm³/mol. The number of fused-ring (bicyclic) bond motifs is 2. The summed E-state index contributed by atoms with van der Waals surface area (Å²) in [6.45, 7) is 3.10. The highest BCUT2D eigenvalue weighted by molar-refractivity contribution is 5.99. The number of carbonyl (C=O) groups excluding carboxylic acids is 1. The van der Waals surface area contributed by atoms with E-state index in [1.807, 2.05) is 49.2 Å². The molecule has 1 aromatic carbocycles. The molecule has 3 aliphatic rings. The van der Waals surface area contributed by atoms with Crippen LogP contribution in [0.25, 0.3) is 16.5 Å². The first-order valence-electron chi connectivity index (χ1n) is 10.2. The molecule has 4 nitrogen and oxygen atoms in total. The summed E-state index contributed by atoms with van der Waals surface area (Å²) in [7, 11) is 0. The summed E-state index contributed by atoms with van der Waals surface area (Å²) in [5, 5.41) is 1.07. The third-order valence-electron chi connectivity index (χ3n) is 6.71. The molecule has 1 fully saturated rings. The number of benzene rings is 1. The van der Waals surface area contributed by atoms with E-state index in [9.17, 15) is 18.0 Å². The average molecular weight is 403 g/mol. The Morgan fingerprint density at radius 2 is 2.00 bits per heavy atom. The van der Waals surface area contributed by atoms with Gasteiger partial charge in [-0.15, -0.1) is 0 Å². The van der Waals surface area contributed by atoms with Gasteiger partial charge in [0.25, 0.3) is 0 Å². The molecule has 1 aliphatic carbocycles. The number of aromatic nitrogens is 1. The standard InChI is InChI=1S/C22H24F3N3O/c1-12-6-13(2)28(12)21(29)15-7-17-16-4-3-5-18-20(16)14(9-26-18)8-19(17)27(10-15)11-22(23,24)25/h3-5,7,9,12-13,15,19,26H,6,8,10-11H2,1-2H3/t12?,13?,15-,19-/m1/s1. The quantitative estimate of drug-likeness (QED) is 0.824. The van der Waals surface area contributed by atoms with E-state index in [0.29, 0.717) is 6.42 Å². The molecule has 1 N–H and O–H groups in total. The highest BCUT2D eigenvalue weighted by atomic mass is 19.4. The monoisotopic (exact) mass is 403 g/mol. The number of hydrogen-bond donors (Lipinski definition) is 1. The van der Waals surface area contributed by atoms with Crippen molar-refractivity contribution in [3.63, 3.8) is 0 Å². The fraction of sp³-hybridized carbons (Fsp3) is 0.500. The lowest BCUT2D eigenvalue weighted by molar-refractivity contribution is -0.157. The van der Waals surface area contributed by atoms with Crippen molar-refractivity contribution in [2.45, 2.75) is 51.0 Å². The molecular weight excluding hydrogens is 379 g/mol. The molecule has 3 heterocycles. The molecule has 0 saturated carbocycles. The average Bonchev–Trinajstić information content (AvgIpc) is 3.05. The molecular formula is C22H24F3N3O. The summed E-state index contributed by atoms with van der Waals surface area (Å²) in [5.41, 5.74) is 3.83. The number of hydrogen-bond acceptors (Lipinski definition) is 2. The topological polar surface area (TPSA) is 39.3 Å². The van der Waals surface area contributed by atoms with Gasteiger partial charge in [0.1, 0.15) is 0 Å². The molecule has 4 atom stereocenters. The smallest absolute Gasteiger partial charge is 0.361 e. The molecule has 1 amide bonds. The van der Waals surface area contributed by atoms with Gasteiger partial charge in [-0.1, -0.05) is 18.2 Å². The fourth-order valence-corrected chi connectivity index (χ4v) is 5.53. The van der Waals surface area contributed by atoms with Crippen LogP contribution in [0.2, 0.25) is 0 Å². The van der Waals surface area contributed by atoms with Gasteiger partial charge in [0, 0.05) is 41.8 Å². The normalized spacial score (nSPS) is 29.4. The molecule has 5 rings (SSSR count). The van der Waals surface area contributed by atoms with Crippen LogP contribution in [0, 0.1) is 5.92 Å². The van der Waals surface area contributed by atoms with E-state index >= 15 is 0 Å². The second-order valence-corrected chi connectivity index (χ2v) is 8.71. The Balaban J connectivity index is 1.58. The van der Waals surface area contributed by atoms with Crippen molar-refractivity contribution in [2.24, 2.45) is 5.92 Å². The van der Waals surface area contributed by atoms with Crippen LogP contribution in [0.1, 0.15) is 31.4 Å². The van der Waals surface area contributed by atoms with Crippen molar-refractivity contribution in [3.05, 3.63) is 41.6 Å². The van der Waals surface area contributed by atoms with Crippen LogP contribution in [0.4, 0.5) is 13.2 Å². The number of aromatic amines is 1. The summed E-state index contributed by atoms with van der Waals surface area (Å²) in [6, 6.07) is 5.80. The van der Waals surface area contributed by atoms with Gasteiger partial charge < -0.3 is 9.88 Å². The first-order valence-corrected chi connectivity index (χ1v) is 10.2. The summed E-state index contributed by atoms with van der Waals surface area (Å²) < 4.78 is 40.2. The van der Waals surface area contributed by atoms with Gasteiger partial charge in [-0.25, -0.2) is 0 Å². The third kappa shape index (κ3) is 2.98. The SMILES string of the molecule is CC1CC(C)N1C(=O)[C@@H]1C=C2c3cccc4[nH]cc(c34)C[C@H]2N(CC(F)(F)F)C1. The Bertz CT molecular complexity index is 1000. The minimum atomic E-state index is -4.31. The molecule has 7 heteroatoms. The Hall–Kier alpha value is -2.28. The van der Waals surface area contributed by atoms with Gasteiger partial charge in [-0.2, -0.15) is 13.2 Å². The highest BCUT2D eigenvalue weighted by Crippen LogP contribution is 2.42. The van der Waals surface area contributed by atoms with Gasteiger partial charge >= 0.3 is 6.18 Å². The van der Waals surface area contributed by atoms with Crippen LogP contribution >= 0.6 is 0 Å². The van der Waals surface area contributed by atoms with Crippen molar-refractivity contribution in [1.29, 1.82) is 0 Å². The minimum absolute atomic E-state index is 0.0542. The van der Waals surface area contributed by atoms with Gasteiger partial charge in [0.15, 0.2) is 0 Å². The number of carbonyl (C=O) groups is 1. The Kier molecular flexibility index (Phi) is 4.11. The molecule has 2 aromatic rings. The highest BCUT2D eigenvalue weighted by Gasteiger charge is 2.45. The van der Waals surface area contributed by atoms with Gasteiger partial charge in [-0.05, 0) is 49.5 Å². The van der Waals surface area contributed by atoms with Crippen LogP contribution in [-0.2, 0) is 11.2 Å². The summed E-state index contributed by atoms with van der Waals surface area (Å²) in [4.78, 5) is 19.7. The minimum Gasteiger partial charge on any atom is -0.361 e. The lowest BCUT2D eigenvalue weighted by atomic mass is 9.79. The van der Waals surface area contributed by atoms with E-state index in [-0.39, 0.29) is 30.6 Å². The van der Waals surface area contributed by atoms with E-state index in [1.54, 1.807) is 0 Å². The Morgan fingerprint density at radius 3 is 2.69 bits per heavy atom. The lowest BCUT2D eigenvalue weighted by Gasteiger charge is -2.49. The number of likely N-dealkylation sites (tertiary alicyclic amines) is 1. The number of halogens is 3. The van der Waals surface area contributed by atoms with E-state index in [2.05, 4.69) is 4.98 Å². The number of nitrogens with one attached hydrogen (secondary N) is 1. The zero-order chi connectivity index (χ0) is 20.5. The van der Waals surface area contributed by atoms with Gasteiger partial charge in [-0.3, -0.25) is 9.69 Å². The fourth-order valence-electron chi connectivity index (χ4n) is 5.53. The summed E-state index contributed by atoms with van der Waals surface area (Å²) in [6.07, 6.45) is 1.00. The molecule has 0 spiro atoms. The van der Waals surface area contributed by atoms with Gasteiger partial charge in [0.05, 0.1) is 12.5 Å². The van der Waals surface area contributed by atoms with Gasteiger partial charge in [0.2, 0.25) is 5.91 Å². The summed E-state index contributed by atoms with van der Waals surface area (Å²) in [5.74, 6) is -0.606. The number of nitrogens with zero attached hydrogens (tertiary/aromatic N) is 2. The number of alkyl halides is 3. The molecule has 2 aliphatic heterocycles. The van der Waals surface area contributed by atoms with Crippen molar-refractivity contribution in [2.75, 3.05) is 13.1 Å². The molecule has 0 bridgehead atoms. The van der Waals surface area contributed by atoms with Crippen LogP contribution in [-0.4, -0.2) is 58.1 Å². The second-order valence-electron chi connectivity index (χ2n) is 8.71. The Labute approximate surface area is 167 Å². The maximum absolute atomic E-state index is 13.4. The largest absolute Gasteiger partial charge is 0.401 e. The van der Waals surface area contributed by atoms with Crippen molar-refractivity contribution in [3.8, 4) is 0 Å². The molecule has 1 aromatic heterocycles. The molecule has 2 unspecified atom stereocenters. The van der Waals surface area contributed by atoms with Crippen molar-refractivity contribution >= 4 is 22.4 Å². The second kappa shape index (κ2) is 6.36. The zero-order valence-corrected chi connectivity index (χ0v) is 16.5. The summed E-state index contributed by atoms with van der Waals surface area (Å²) >= 11 is 0. The molecule has 1 saturated heterocycles. The van der Waals surface area contributed by atoms with E-state index < -0.39 is 18.6 Å². The van der Waals surface area contributed by atoms with Crippen molar-refractivity contribution < 1.29 is 18.0 Å². The number of rotatable bonds is 2. The number of amides is 1. The molecule has 0 radical (unpaired) electrons. The zero-order valence-electron chi connectivity index (χ0n) is 16.5. The predicted octanol–water partition coefficient (Wildman–Crippen LogP) is 3.98. The van der Waals surface area contributed by atoms with E-state index in [0.717, 1.165) is 34.0 Å². The first kappa shape index (κ1) is 18.7. The molecule has 154 valence electrons. The van der Waals surface area contributed by atoms with E-state index in [4.69, 9.17) is 0 Å². The molecule has 29 heavy (non-hydrogen) atoms. The van der Waals surface area contributed by atoms with Crippen molar-refractivity contribution in [1.82, 2.24) is 14.8 Å². The first-order chi connectivity index (χ1) is 13.7. The van der Waals surface area contributed by atoms with Crippen LogP contribution in [0.15, 0.2) is 30.5 Å². The van der Waals surface area contributed by atoms with E-state index in [1.165, 1.54) is 4.90 Å². The number of H-pyrrole nitrogens is 1. The maximum Gasteiger partial charge on any atom is 0.401 e. The third-order valence-corrected chi connectivity index (χ3v) is 6.71. The van der Waals surface area contributed by atoms with Crippen LogP contribution in [0.5, 0.6) is 0 Å².